The molecule has 18 heavy (non-hydrogen) atoms. The Hall–Kier alpha value is -1.30. The van der Waals surface area contributed by atoms with Crippen molar-refractivity contribution in [3.63, 3.8) is 0 Å². The van der Waals surface area contributed by atoms with Crippen LogP contribution in [0.5, 0.6) is 0 Å². The Kier molecular flexibility index (Phi) is 4.41. The molecule has 0 saturated carbocycles. The van der Waals surface area contributed by atoms with E-state index in [2.05, 4.69) is 60.3 Å². The number of piperazine rings is 1. The van der Waals surface area contributed by atoms with Crippen molar-refractivity contribution < 1.29 is 0 Å². The number of benzene rings is 1. The van der Waals surface area contributed by atoms with Crippen LogP contribution in [0.1, 0.15) is 31.9 Å². The molecular weight excluding hydrogens is 220 g/mol. The second-order valence-electron chi connectivity index (χ2n) is 4.97. The average Bonchev–Trinajstić information content (AvgIpc) is 2.46. The summed E-state index contributed by atoms with van der Waals surface area (Å²) in [6.45, 7) is 6.36. The molecule has 1 aromatic carbocycles. The zero-order valence-electron chi connectivity index (χ0n) is 11.3. The molecule has 0 spiro atoms. The van der Waals surface area contributed by atoms with E-state index in [1.165, 1.54) is 5.56 Å². The number of hydrogen-bond donors (Lipinski definition) is 1. The lowest BCUT2D eigenvalue weighted by atomic mass is 9.99. The van der Waals surface area contributed by atoms with E-state index in [0.717, 1.165) is 19.5 Å². The van der Waals surface area contributed by atoms with Gasteiger partial charge in [0.15, 0.2) is 0 Å². The van der Waals surface area contributed by atoms with Crippen molar-refractivity contribution in [3.05, 3.63) is 35.9 Å². The predicted molar refractivity (Wildman–Crippen MR) is 76.3 cm³/mol. The molecule has 0 aromatic heterocycles. The summed E-state index contributed by atoms with van der Waals surface area (Å²) in [6, 6.07) is 11.8. The second-order valence-corrected chi connectivity index (χ2v) is 4.97. The second kappa shape index (κ2) is 6.04. The summed E-state index contributed by atoms with van der Waals surface area (Å²) < 4.78 is 0. The van der Waals surface area contributed by atoms with Gasteiger partial charge in [-0.2, -0.15) is 0 Å². The van der Waals surface area contributed by atoms with Gasteiger partial charge in [0.2, 0.25) is 0 Å². The van der Waals surface area contributed by atoms with Gasteiger partial charge in [0.05, 0.1) is 6.04 Å². The lowest BCUT2D eigenvalue weighted by molar-refractivity contribution is 0.109. The first-order valence-electron chi connectivity index (χ1n) is 6.76. The smallest absolute Gasteiger partial charge is 0.0686 e. The molecule has 2 nitrogen and oxygen atoms in total. The van der Waals surface area contributed by atoms with E-state index in [1.807, 2.05) is 0 Å². The lowest BCUT2D eigenvalue weighted by Gasteiger charge is -2.42. The van der Waals surface area contributed by atoms with Gasteiger partial charge in [0.25, 0.3) is 0 Å². The first kappa shape index (κ1) is 13.1. The van der Waals surface area contributed by atoms with Crippen LogP contribution >= 0.6 is 0 Å². The molecule has 3 atom stereocenters. The maximum absolute atomic E-state index is 5.59. The maximum Gasteiger partial charge on any atom is 0.0686 e. The third-order valence-corrected chi connectivity index (χ3v) is 3.87. The summed E-state index contributed by atoms with van der Waals surface area (Å²) in [5.74, 6) is 2.87. The Labute approximate surface area is 110 Å². The minimum absolute atomic E-state index is 0.211. The van der Waals surface area contributed by atoms with Gasteiger partial charge in [-0.05, 0) is 18.9 Å². The molecule has 3 unspecified atom stereocenters. The number of rotatable bonds is 3. The van der Waals surface area contributed by atoms with Gasteiger partial charge in [-0.3, -0.25) is 4.90 Å². The van der Waals surface area contributed by atoms with Gasteiger partial charge in [-0.25, -0.2) is 0 Å². The van der Waals surface area contributed by atoms with Crippen LogP contribution in [0.4, 0.5) is 0 Å². The van der Waals surface area contributed by atoms with Crippen molar-refractivity contribution in [1.82, 2.24) is 10.2 Å². The highest BCUT2D eigenvalue weighted by Crippen LogP contribution is 2.22. The summed E-state index contributed by atoms with van der Waals surface area (Å²) in [5.41, 5.74) is 1.35. The van der Waals surface area contributed by atoms with E-state index in [1.54, 1.807) is 0 Å². The molecule has 2 heteroatoms. The van der Waals surface area contributed by atoms with E-state index >= 15 is 0 Å². The number of terminal acetylenes is 1. The molecular formula is C16H22N2. The molecule has 1 aliphatic heterocycles. The third kappa shape index (κ3) is 2.75. The molecule has 96 valence electrons. The first-order chi connectivity index (χ1) is 8.76. The fourth-order valence-corrected chi connectivity index (χ4v) is 2.68. The Bertz CT molecular complexity index is 407. The molecule has 1 N–H and O–H groups in total. The van der Waals surface area contributed by atoms with E-state index in [0.29, 0.717) is 12.1 Å². The summed E-state index contributed by atoms with van der Waals surface area (Å²) >= 11 is 0. The molecule has 0 aliphatic carbocycles. The minimum atomic E-state index is 0.211. The molecule has 1 aromatic rings. The lowest BCUT2D eigenvalue weighted by Crippen LogP contribution is -2.55. The SMILES string of the molecule is C#CC(C)N1CC(c2ccccc2)NCC1CC. The topological polar surface area (TPSA) is 15.3 Å². The normalized spacial score (nSPS) is 26.5. The molecule has 1 fully saturated rings. The van der Waals surface area contributed by atoms with E-state index < -0.39 is 0 Å². The maximum atomic E-state index is 5.59. The van der Waals surface area contributed by atoms with Crippen molar-refractivity contribution in [2.24, 2.45) is 0 Å². The van der Waals surface area contributed by atoms with Crippen LogP contribution < -0.4 is 5.32 Å². The standard InChI is InChI=1S/C16H22N2/c1-4-13(3)18-12-16(17-11-15(18)5-2)14-9-7-6-8-10-14/h1,6-10,13,15-17H,5,11-12H2,2-3H3. The predicted octanol–water partition coefficient (Wildman–Crippen LogP) is 2.43. The number of hydrogen-bond acceptors (Lipinski definition) is 2. The summed E-state index contributed by atoms with van der Waals surface area (Å²) in [4.78, 5) is 2.45. The first-order valence-corrected chi connectivity index (χ1v) is 6.76. The summed E-state index contributed by atoms with van der Waals surface area (Å²) in [7, 11) is 0. The highest BCUT2D eigenvalue weighted by Gasteiger charge is 2.29. The fourth-order valence-electron chi connectivity index (χ4n) is 2.68. The zero-order valence-corrected chi connectivity index (χ0v) is 11.3. The van der Waals surface area contributed by atoms with Gasteiger partial charge in [0, 0.05) is 25.2 Å². The van der Waals surface area contributed by atoms with Crippen LogP contribution in [-0.4, -0.2) is 30.1 Å². The van der Waals surface area contributed by atoms with Crippen LogP contribution in [0.25, 0.3) is 0 Å². The van der Waals surface area contributed by atoms with Gasteiger partial charge >= 0.3 is 0 Å². The molecule has 1 aliphatic rings. The highest BCUT2D eigenvalue weighted by atomic mass is 15.2. The van der Waals surface area contributed by atoms with Crippen molar-refractivity contribution in [2.45, 2.75) is 38.4 Å². The van der Waals surface area contributed by atoms with Gasteiger partial charge in [-0.1, -0.05) is 43.2 Å². The van der Waals surface area contributed by atoms with Crippen LogP contribution in [0.15, 0.2) is 30.3 Å². The largest absolute Gasteiger partial charge is 0.307 e. The zero-order chi connectivity index (χ0) is 13.0. The number of nitrogens with one attached hydrogen (secondary N) is 1. The quantitative estimate of drug-likeness (QED) is 0.819. The van der Waals surface area contributed by atoms with E-state index in [9.17, 15) is 0 Å². The van der Waals surface area contributed by atoms with Crippen LogP contribution in [0.3, 0.4) is 0 Å². The van der Waals surface area contributed by atoms with Gasteiger partial charge < -0.3 is 5.32 Å². The van der Waals surface area contributed by atoms with Crippen molar-refractivity contribution >= 4 is 0 Å². The van der Waals surface area contributed by atoms with Crippen LogP contribution in [0, 0.1) is 12.3 Å². The molecule has 0 bridgehead atoms. The molecule has 1 heterocycles. The fraction of sp³-hybridized carbons (Fsp3) is 0.500. The Morgan fingerprint density at radius 1 is 1.44 bits per heavy atom. The third-order valence-electron chi connectivity index (χ3n) is 3.87. The van der Waals surface area contributed by atoms with Crippen LogP contribution in [-0.2, 0) is 0 Å². The van der Waals surface area contributed by atoms with E-state index in [-0.39, 0.29) is 6.04 Å². The minimum Gasteiger partial charge on any atom is -0.307 e. The molecule has 1 saturated heterocycles. The number of nitrogens with zero attached hydrogens (tertiary/aromatic N) is 1. The van der Waals surface area contributed by atoms with Crippen molar-refractivity contribution in [3.8, 4) is 12.3 Å². The molecule has 2 rings (SSSR count). The Morgan fingerprint density at radius 2 is 2.17 bits per heavy atom. The summed E-state index contributed by atoms with van der Waals surface area (Å²) in [5, 5.41) is 3.64. The molecule has 0 radical (unpaired) electrons. The molecule has 0 amide bonds. The Balaban J connectivity index is 2.12. The highest BCUT2D eigenvalue weighted by molar-refractivity contribution is 5.20. The van der Waals surface area contributed by atoms with Crippen LogP contribution in [0.2, 0.25) is 0 Å². The monoisotopic (exact) mass is 242 g/mol. The van der Waals surface area contributed by atoms with Gasteiger partial charge in [0.1, 0.15) is 0 Å². The van der Waals surface area contributed by atoms with Gasteiger partial charge in [-0.15, -0.1) is 6.42 Å². The summed E-state index contributed by atoms with van der Waals surface area (Å²) in [6.07, 6.45) is 6.73. The van der Waals surface area contributed by atoms with E-state index in [4.69, 9.17) is 6.42 Å². The van der Waals surface area contributed by atoms with Crippen molar-refractivity contribution in [1.29, 1.82) is 0 Å². The Morgan fingerprint density at radius 3 is 2.78 bits per heavy atom. The average molecular weight is 242 g/mol. The van der Waals surface area contributed by atoms with Crippen molar-refractivity contribution in [2.75, 3.05) is 13.1 Å².